The average molecular weight is 255 g/mol. The van der Waals surface area contributed by atoms with Crippen LogP contribution in [0.2, 0.25) is 0 Å². The molecule has 2 rings (SSSR count). The van der Waals surface area contributed by atoms with Crippen molar-refractivity contribution in [3.05, 3.63) is 0 Å². The highest BCUT2D eigenvalue weighted by atomic mass is 16.5. The molecule has 2 fully saturated rings. The molecule has 0 aromatic heterocycles. The Kier molecular flexibility index (Phi) is 4.83. The second-order valence-corrected chi connectivity index (χ2v) is 5.57. The first-order valence-electron chi connectivity index (χ1n) is 6.93. The van der Waals surface area contributed by atoms with Crippen molar-refractivity contribution in [2.75, 3.05) is 60.0 Å². The van der Waals surface area contributed by atoms with Crippen molar-refractivity contribution in [3.8, 4) is 0 Å². The Hall–Kier alpha value is -0.810. The van der Waals surface area contributed by atoms with E-state index in [1.165, 1.54) is 0 Å². The van der Waals surface area contributed by atoms with Crippen molar-refractivity contribution in [2.45, 2.75) is 12.8 Å². The fourth-order valence-corrected chi connectivity index (χ4v) is 2.78. The third-order valence-corrected chi connectivity index (χ3v) is 3.79. The normalized spacial score (nSPS) is 22.6. The molecule has 5 heteroatoms. The first kappa shape index (κ1) is 13.6. The molecule has 104 valence electrons. The van der Waals surface area contributed by atoms with Gasteiger partial charge in [-0.05, 0) is 32.9 Å². The summed E-state index contributed by atoms with van der Waals surface area (Å²) >= 11 is 0. The molecule has 0 bridgehead atoms. The van der Waals surface area contributed by atoms with Crippen LogP contribution in [0.1, 0.15) is 12.8 Å². The average Bonchev–Trinajstić information content (AvgIpc) is 2.39. The maximum atomic E-state index is 12.3. The van der Waals surface area contributed by atoms with Gasteiger partial charge in [0.1, 0.15) is 0 Å². The minimum Gasteiger partial charge on any atom is -0.378 e. The zero-order valence-electron chi connectivity index (χ0n) is 11.6. The Morgan fingerprint density at radius 3 is 2.22 bits per heavy atom. The van der Waals surface area contributed by atoms with Gasteiger partial charge in [-0.1, -0.05) is 0 Å². The number of likely N-dealkylation sites (tertiary alicyclic amines) is 1. The number of rotatable bonds is 2. The number of carbonyl (C=O) groups is 1. The van der Waals surface area contributed by atoms with E-state index < -0.39 is 0 Å². The molecule has 2 aliphatic rings. The number of hydrogen-bond donors (Lipinski definition) is 0. The molecule has 0 atom stereocenters. The van der Waals surface area contributed by atoms with E-state index in [0.717, 1.165) is 51.5 Å². The summed E-state index contributed by atoms with van der Waals surface area (Å²) in [4.78, 5) is 18.4. The van der Waals surface area contributed by atoms with E-state index in [-0.39, 0.29) is 6.03 Å². The number of hydrogen-bond acceptors (Lipinski definition) is 3. The van der Waals surface area contributed by atoms with E-state index in [1.807, 2.05) is 9.80 Å². The van der Waals surface area contributed by atoms with E-state index >= 15 is 0 Å². The van der Waals surface area contributed by atoms with Crippen LogP contribution < -0.4 is 0 Å². The highest BCUT2D eigenvalue weighted by Gasteiger charge is 2.27. The van der Waals surface area contributed by atoms with Gasteiger partial charge in [-0.25, -0.2) is 4.79 Å². The number of urea groups is 1. The number of piperidine rings is 1. The van der Waals surface area contributed by atoms with Gasteiger partial charge < -0.3 is 19.4 Å². The molecule has 2 aliphatic heterocycles. The summed E-state index contributed by atoms with van der Waals surface area (Å²) in [6.07, 6.45) is 2.27. The number of morpholine rings is 1. The van der Waals surface area contributed by atoms with Crippen molar-refractivity contribution in [1.82, 2.24) is 14.7 Å². The second kappa shape index (κ2) is 6.38. The summed E-state index contributed by atoms with van der Waals surface area (Å²) in [7, 11) is 4.23. The lowest BCUT2D eigenvalue weighted by Gasteiger charge is -2.37. The predicted molar refractivity (Wildman–Crippen MR) is 70.6 cm³/mol. The SMILES string of the molecule is CN(C)CC1CCN(C(=O)N2CCOCC2)CC1. The Balaban J connectivity index is 1.76. The monoisotopic (exact) mass is 255 g/mol. The summed E-state index contributed by atoms with van der Waals surface area (Å²) in [5.41, 5.74) is 0. The van der Waals surface area contributed by atoms with Crippen molar-refractivity contribution >= 4 is 6.03 Å². The van der Waals surface area contributed by atoms with Crippen molar-refractivity contribution in [1.29, 1.82) is 0 Å². The minimum absolute atomic E-state index is 0.210. The Morgan fingerprint density at radius 1 is 1.11 bits per heavy atom. The van der Waals surface area contributed by atoms with Crippen molar-refractivity contribution in [2.24, 2.45) is 5.92 Å². The zero-order valence-corrected chi connectivity index (χ0v) is 11.6. The lowest BCUT2D eigenvalue weighted by molar-refractivity contribution is 0.0395. The molecule has 18 heavy (non-hydrogen) atoms. The van der Waals surface area contributed by atoms with Crippen LogP contribution in [0.5, 0.6) is 0 Å². The van der Waals surface area contributed by atoms with Gasteiger partial charge >= 0.3 is 6.03 Å². The Labute approximate surface area is 110 Å². The molecule has 2 saturated heterocycles. The Bertz CT molecular complexity index is 269. The van der Waals surface area contributed by atoms with Gasteiger partial charge in [0.15, 0.2) is 0 Å². The van der Waals surface area contributed by atoms with Crippen LogP contribution in [0.15, 0.2) is 0 Å². The summed E-state index contributed by atoms with van der Waals surface area (Å²) in [5.74, 6) is 0.744. The van der Waals surface area contributed by atoms with E-state index in [9.17, 15) is 4.79 Å². The lowest BCUT2D eigenvalue weighted by Crippen LogP contribution is -2.50. The van der Waals surface area contributed by atoms with Gasteiger partial charge in [0.05, 0.1) is 13.2 Å². The molecule has 2 heterocycles. The summed E-state index contributed by atoms with van der Waals surface area (Å²) in [5, 5.41) is 0. The van der Waals surface area contributed by atoms with Crippen LogP contribution >= 0.6 is 0 Å². The first-order chi connectivity index (χ1) is 8.66. The van der Waals surface area contributed by atoms with Crippen molar-refractivity contribution in [3.63, 3.8) is 0 Å². The molecule has 0 unspecified atom stereocenters. The molecular weight excluding hydrogens is 230 g/mol. The van der Waals surface area contributed by atoms with Gasteiger partial charge in [-0.2, -0.15) is 0 Å². The molecule has 0 saturated carbocycles. The van der Waals surface area contributed by atoms with E-state index in [0.29, 0.717) is 13.2 Å². The highest BCUT2D eigenvalue weighted by Crippen LogP contribution is 2.19. The second-order valence-electron chi connectivity index (χ2n) is 5.57. The Morgan fingerprint density at radius 2 is 1.67 bits per heavy atom. The van der Waals surface area contributed by atoms with E-state index in [4.69, 9.17) is 4.74 Å². The minimum atomic E-state index is 0.210. The molecule has 2 amide bonds. The molecule has 0 aromatic rings. The molecule has 0 radical (unpaired) electrons. The fourth-order valence-electron chi connectivity index (χ4n) is 2.78. The quantitative estimate of drug-likeness (QED) is 0.729. The molecular formula is C13H25N3O2. The van der Waals surface area contributed by atoms with Gasteiger partial charge in [0, 0.05) is 32.7 Å². The smallest absolute Gasteiger partial charge is 0.320 e. The number of ether oxygens (including phenoxy) is 1. The van der Waals surface area contributed by atoms with Gasteiger partial charge in [-0.15, -0.1) is 0 Å². The molecule has 5 nitrogen and oxygen atoms in total. The van der Waals surface area contributed by atoms with E-state index in [1.54, 1.807) is 0 Å². The largest absolute Gasteiger partial charge is 0.378 e. The van der Waals surface area contributed by atoms with Crippen LogP contribution in [0.3, 0.4) is 0 Å². The maximum absolute atomic E-state index is 12.3. The fraction of sp³-hybridized carbons (Fsp3) is 0.923. The lowest BCUT2D eigenvalue weighted by atomic mass is 9.96. The number of amides is 2. The summed E-state index contributed by atoms with van der Waals surface area (Å²) in [6.45, 7) is 5.82. The molecule has 0 spiro atoms. The topological polar surface area (TPSA) is 36.0 Å². The van der Waals surface area contributed by atoms with Crippen LogP contribution in [-0.2, 0) is 4.74 Å². The highest BCUT2D eigenvalue weighted by molar-refractivity contribution is 5.74. The zero-order chi connectivity index (χ0) is 13.0. The third kappa shape index (κ3) is 3.59. The van der Waals surface area contributed by atoms with Crippen LogP contribution in [-0.4, -0.2) is 80.8 Å². The summed E-state index contributed by atoms with van der Waals surface area (Å²) < 4.78 is 5.28. The van der Waals surface area contributed by atoms with Crippen molar-refractivity contribution < 1.29 is 9.53 Å². The van der Waals surface area contributed by atoms with Gasteiger partial charge in [0.25, 0.3) is 0 Å². The van der Waals surface area contributed by atoms with Crippen LogP contribution in [0.25, 0.3) is 0 Å². The third-order valence-electron chi connectivity index (χ3n) is 3.79. The first-order valence-corrected chi connectivity index (χ1v) is 6.93. The predicted octanol–water partition coefficient (Wildman–Crippen LogP) is 0.712. The number of nitrogens with zero attached hydrogens (tertiary/aromatic N) is 3. The standard InChI is InChI=1S/C13H25N3O2/c1-14(2)11-12-3-5-15(6-4-12)13(17)16-7-9-18-10-8-16/h12H,3-11H2,1-2H3. The summed E-state index contributed by atoms with van der Waals surface area (Å²) in [6, 6.07) is 0.210. The van der Waals surface area contributed by atoms with E-state index in [2.05, 4.69) is 19.0 Å². The van der Waals surface area contributed by atoms with Gasteiger partial charge in [0.2, 0.25) is 0 Å². The van der Waals surface area contributed by atoms with Crippen LogP contribution in [0.4, 0.5) is 4.79 Å². The molecule has 0 aliphatic carbocycles. The maximum Gasteiger partial charge on any atom is 0.320 e. The van der Waals surface area contributed by atoms with Gasteiger partial charge in [-0.3, -0.25) is 0 Å². The van der Waals surface area contributed by atoms with Crippen LogP contribution in [0, 0.1) is 5.92 Å². The number of carbonyl (C=O) groups excluding carboxylic acids is 1. The molecule has 0 aromatic carbocycles. The molecule has 0 N–H and O–H groups in total.